The zero-order valence-electron chi connectivity index (χ0n) is 8.49. The lowest BCUT2D eigenvalue weighted by Gasteiger charge is -2.32. The first kappa shape index (κ1) is 9.34. The summed E-state index contributed by atoms with van der Waals surface area (Å²) in [4.78, 5) is 2.14. The molecular weight excluding hydrogens is 178 g/mol. The molecule has 1 aromatic rings. The minimum absolute atomic E-state index is 0.00736. The molecule has 0 aliphatic heterocycles. The van der Waals surface area contributed by atoms with Crippen LogP contribution in [0.1, 0.15) is 17.0 Å². The summed E-state index contributed by atoms with van der Waals surface area (Å²) in [5, 5.41) is 18.8. The number of aromatic hydroxyl groups is 2. The second kappa shape index (κ2) is 3.17. The first-order valence-electron chi connectivity index (χ1n) is 4.78. The lowest BCUT2D eigenvalue weighted by molar-refractivity contribution is 0.342. The minimum Gasteiger partial charge on any atom is -0.504 e. The number of hydrogen-bond acceptors (Lipinski definition) is 3. The molecule has 1 unspecified atom stereocenters. The van der Waals surface area contributed by atoms with Crippen LogP contribution in [-0.2, 0) is 6.42 Å². The molecule has 76 valence electrons. The first-order chi connectivity index (χ1) is 6.59. The maximum atomic E-state index is 9.53. The summed E-state index contributed by atoms with van der Waals surface area (Å²) in [6.45, 7) is 0.997. The standard InChI is InChI=1S/C11H15NO2/c1-12(2)6-7-5-9-8(7)3-4-10(13)11(9)14/h3-4,7,13-14H,5-6H2,1-2H3. The average molecular weight is 193 g/mol. The first-order valence-corrected chi connectivity index (χ1v) is 4.78. The summed E-state index contributed by atoms with van der Waals surface area (Å²) >= 11 is 0. The van der Waals surface area contributed by atoms with E-state index >= 15 is 0 Å². The topological polar surface area (TPSA) is 43.7 Å². The predicted molar refractivity (Wildman–Crippen MR) is 54.8 cm³/mol. The molecule has 0 spiro atoms. The number of benzene rings is 1. The highest BCUT2D eigenvalue weighted by Gasteiger charge is 2.30. The third kappa shape index (κ3) is 1.34. The van der Waals surface area contributed by atoms with Gasteiger partial charge in [0, 0.05) is 18.0 Å². The Kier molecular flexibility index (Phi) is 2.11. The van der Waals surface area contributed by atoms with Gasteiger partial charge >= 0.3 is 0 Å². The van der Waals surface area contributed by atoms with Gasteiger partial charge in [-0.25, -0.2) is 0 Å². The summed E-state index contributed by atoms with van der Waals surface area (Å²) in [6.07, 6.45) is 0.869. The highest BCUT2D eigenvalue weighted by molar-refractivity contribution is 5.55. The third-order valence-corrected chi connectivity index (χ3v) is 2.77. The van der Waals surface area contributed by atoms with E-state index in [0.29, 0.717) is 5.92 Å². The summed E-state index contributed by atoms with van der Waals surface area (Å²) < 4.78 is 0. The Bertz CT molecular complexity index is 361. The lowest BCUT2D eigenvalue weighted by Crippen LogP contribution is -2.28. The molecule has 14 heavy (non-hydrogen) atoms. The van der Waals surface area contributed by atoms with Crippen molar-refractivity contribution in [2.75, 3.05) is 20.6 Å². The minimum atomic E-state index is -0.00736. The van der Waals surface area contributed by atoms with Gasteiger partial charge in [-0.1, -0.05) is 6.07 Å². The van der Waals surface area contributed by atoms with Crippen LogP contribution in [0.25, 0.3) is 0 Å². The van der Waals surface area contributed by atoms with Crippen molar-refractivity contribution in [1.29, 1.82) is 0 Å². The van der Waals surface area contributed by atoms with E-state index < -0.39 is 0 Å². The highest BCUT2D eigenvalue weighted by atomic mass is 16.3. The van der Waals surface area contributed by atoms with Gasteiger partial charge in [-0.15, -0.1) is 0 Å². The SMILES string of the molecule is CN(C)CC1Cc2c1ccc(O)c2O. The van der Waals surface area contributed by atoms with E-state index in [0.717, 1.165) is 18.5 Å². The van der Waals surface area contributed by atoms with E-state index in [2.05, 4.69) is 4.90 Å². The Morgan fingerprint density at radius 3 is 2.71 bits per heavy atom. The maximum absolute atomic E-state index is 9.53. The zero-order valence-corrected chi connectivity index (χ0v) is 8.49. The molecule has 0 saturated heterocycles. The van der Waals surface area contributed by atoms with Gasteiger partial charge in [-0.3, -0.25) is 0 Å². The Morgan fingerprint density at radius 2 is 2.07 bits per heavy atom. The molecule has 0 fully saturated rings. The molecule has 0 amide bonds. The number of phenols is 2. The largest absolute Gasteiger partial charge is 0.504 e. The smallest absolute Gasteiger partial charge is 0.160 e. The molecule has 1 atom stereocenters. The Balaban J connectivity index is 2.23. The van der Waals surface area contributed by atoms with Crippen LogP contribution in [0.4, 0.5) is 0 Å². The van der Waals surface area contributed by atoms with Gasteiger partial charge in [0.1, 0.15) is 0 Å². The number of rotatable bonds is 2. The second-order valence-corrected chi connectivity index (χ2v) is 4.16. The Hall–Kier alpha value is -1.22. The van der Waals surface area contributed by atoms with Crippen molar-refractivity contribution in [2.45, 2.75) is 12.3 Å². The van der Waals surface area contributed by atoms with Gasteiger partial charge in [-0.05, 0) is 32.1 Å². The van der Waals surface area contributed by atoms with Crippen LogP contribution >= 0.6 is 0 Å². The molecule has 0 bridgehead atoms. The van der Waals surface area contributed by atoms with E-state index in [4.69, 9.17) is 0 Å². The average Bonchev–Trinajstić information content (AvgIpc) is 2.08. The fourth-order valence-corrected chi connectivity index (χ4v) is 2.07. The number of nitrogens with zero attached hydrogens (tertiary/aromatic N) is 1. The summed E-state index contributed by atoms with van der Waals surface area (Å²) in [5.41, 5.74) is 2.09. The second-order valence-electron chi connectivity index (χ2n) is 4.16. The molecule has 0 aromatic heterocycles. The van der Waals surface area contributed by atoms with Gasteiger partial charge < -0.3 is 15.1 Å². The molecule has 0 heterocycles. The highest BCUT2D eigenvalue weighted by Crippen LogP contribution is 2.44. The molecule has 0 radical (unpaired) electrons. The Labute approximate surface area is 83.6 Å². The summed E-state index contributed by atoms with van der Waals surface area (Å²) in [7, 11) is 4.08. The summed E-state index contributed by atoms with van der Waals surface area (Å²) in [5.74, 6) is 0.566. The fraction of sp³-hybridized carbons (Fsp3) is 0.455. The van der Waals surface area contributed by atoms with Crippen LogP contribution < -0.4 is 0 Å². The summed E-state index contributed by atoms with van der Waals surface area (Å²) in [6, 6.07) is 3.47. The molecule has 2 rings (SSSR count). The molecule has 1 aromatic carbocycles. The van der Waals surface area contributed by atoms with E-state index in [9.17, 15) is 10.2 Å². The molecule has 1 aliphatic carbocycles. The van der Waals surface area contributed by atoms with Crippen LogP contribution in [0.5, 0.6) is 11.5 Å². The van der Waals surface area contributed by atoms with E-state index in [-0.39, 0.29) is 11.5 Å². The normalized spacial score (nSPS) is 19.2. The molecule has 2 N–H and O–H groups in total. The van der Waals surface area contributed by atoms with Crippen LogP contribution in [0.3, 0.4) is 0 Å². The molecule has 3 heteroatoms. The molecule has 0 saturated carbocycles. The molecule has 3 nitrogen and oxygen atoms in total. The van der Waals surface area contributed by atoms with Gasteiger partial charge in [0.05, 0.1) is 0 Å². The quantitative estimate of drug-likeness (QED) is 0.696. The van der Waals surface area contributed by atoms with Crippen molar-refractivity contribution in [1.82, 2.24) is 4.90 Å². The van der Waals surface area contributed by atoms with Crippen LogP contribution in [0.15, 0.2) is 12.1 Å². The molecule has 1 aliphatic rings. The number of phenolic OH excluding ortho intramolecular Hbond substituents is 2. The maximum Gasteiger partial charge on any atom is 0.160 e. The number of hydrogen-bond donors (Lipinski definition) is 2. The van der Waals surface area contributed by atoms with E-state index in [1.165, 1.54) is 5.56 Å². The van der Waals surface area contributed by atoms with Crippen molar-refractivity contribution >= 4 is 0 Å². The number of likely N-dealkylation sites (N-methyl/N-ethyl adjacent to an activating group) is 1. The van der Waals surface area contributed by atoms with Crippen LogP contribution in [0, 0.1) is 0 Å². The zero-order chi connectivity index (χ0) is 10.3. The van der Waals surface area contributed by atoms with Gasteiger partial charge in [-0.2, -0.15) is 0 Å². The van der Waals surface area contributed by atoms with Crippen LogP contribution in [-0.4, -0.2) is 35.8 Å². The molecular formula is C11H15NO2. The van der Waals surface area contributed by atoms with Crippen molar-refractivity contribution in [3.63, 3.8) is 0 Å². The third-order valence-electron chi connectivity index (χ3n) is 2.77. The lowest BCUT2D eigenvalue weighted by atomic mass is 9.76. The van der Waals surface area contributed by atoms with Crippen molar-refractivity contribution in [2.24, 2.45) is 0 Å². The van der Waals surface area contributed by atoms with E-state index in [1.54, 1.807) is 6.07 Å². The number of fused-ring (bicyclic) bond motifs is 1. The van der Waals surface area contributed by atoms with E-state index in [1.807, 2.05) is 20.2 Å². The van der Waals surface area contributed by atoms with Crippen molar-refractivity contribution < 1.29 is 10.2 Å². The van der Waals surface area contributed by atoms with Crippen LogP contribution in [0.2, 0.25) is 0 Å². The van der Waals surface area contributed by atoms with Gasteiger partial charge in [0.2, 0.25) is 0 Å². The van der Waals surface area contributed by atoms with Crippen molar-refractivity contribution in [3.05, 3.63) is 23.3 Å². The van der Waals surface area contributed by atoms with Gasteiger partial charge in [0.25, 0.3) is 0 Å². The van der Waals surface area contributed by atoms with Gasteiger partial charge in [0.15, 0.2) is 11.5 Å². The Morgan fingerprint density at radius 1 is 1.36 bits per heavy atom. The predicted octanol–water partition coefficient (Wildman–Crippen LogP) is 1.30. The van der Waals surface area contributed by atoms with Crippen molar-refractivity contribution in [3.8, 4) is 11.5 Å². The fourth-order valence-electron chi connectivity index (χ4n) is 2.07. The monoisotopic (exact) mass is 193 g/mol.